The van der Waals surface area contributed by atoms with Crippen LogP contribution in [0, 0.1) is 6.92 Å². The van der Waals surface area contributed by atoms with Crippen molar-refractivity contribution in [3.8, 4) is 0 Å². The molecule has 1 aromatic carbocycles. The van der Waals surface area contributed by atoms with Gasteiger partial charge in [-0.25, -0.2) is 0 Å². The van der Waals surface area contributed by atoms with Crippen LogP contribution in [0.15, 0.2) is 12.1 Å². The van der Waals surface area contributed by atoms with E-state index < -0.39 is 0 Å². The van der Waals surface area contributed by atoms with E-state index >= 15 is 0 Å². The molecule has 1 amide bonds. The van der Waals surface area contributed by atoms with E-state index in [0.717, 1.165) is 11.3 Å². The molecule has 0 aliphatic rings. The van der Waals surface area contributed by atoms with E-state index in [1.165, 1.54) is 0 Å². The van der Waals surface area contributed by atoms with E-state index in [4.69, 9.17) is 23.2 Å². The first-order chi connectivity index (χ1) is 7.91. The number of aryl methyl sites for hydroxylation is 1. The van der Waals surface area contributed by atoms with Crippen molar-refractivity contribution in [3.05, 3.63) is 27.7 Å². The molecule has 5 heteroatoms. The maximum absolute atomic E-state index is 11.4. The minimum atomic E-state index is 0.0758. The van der Waals surface area contributed by atoms with Crippen LogP contribution < -0.4 is 5.32 Å². The van der Waals surface area contributed by atoms with Crippen molar-refractivity contribution < 1.29 is 4.79 Å². The Morgan fingerprint density at radius 1 is 1.29 bits per heavy atom. The van der Waals surface area contributed by atoms with E-state index in [9.17, 15) is 4.79 Å². The molecule has 1 aromatic rings. The molecule has 0 aliphatic heterocycles. The van der Waals surface area contributed by atoms with Gasteiger partial charge in [0.1, 0.15) is 0 Å². The molecular weight excluding hydrogens is 259 g/mol. The van der Waals surface area contributed by atoms with Gasteiger partial charge < -0.3 is 10.2 Å². The molecular formula is C12H16Cl2N2O. The summed E-state index contributed by atoms with van der Waals surface area (Å²) in [6.45, 7) is 2.43. The van der Waals surface area contributed by atoms with Crippen LogP contribution in [0.3, 0.4) is 0 Å². The van der Waals surface area contributed by atoms with Crippen molar-refractivity contribution in [1.82, 2.24) is 4.90 Å². The topological polar surface area (TPSA) is 32.3 Å². The molecule has 0 unspecified atom stereocenters. The first kappa shape index (κ1) is 14.1. The standard InChI is InChI=1S/C12H16Cl2N2O/c1-8-6-10(14)11(7-9(8)13)15-5-4-12(17)16(2)3/h6-7,15H,4-5H2,1-3H3. The maximum atomic E-state index is 11.4. The minimum Gasteiger partial charge on any atom is -0.383 e. The van der Waals surface area contributed by atoms with Gasteiger partial charge in [0.05, 0.1) is 10.7 Å². The Kier molecular flexibility index (Phi) is 5.09. The number of carbonyl (C=O) groups is 1. The van der Waals surface area contributed by atoms with Gasteiger partial charge in [-0.1, -0.05) is 23.2 Å². The molecule has 0 aromatic heterocycles. The van der Waals surface area contributed by atoms with Gasteiger partial charge in [-0.05, 0) is 24.6 Å². The molecule has 0 aliphatic carbocycles. The number of carbonyl (C=O) groups excluding carboxylic acids is 1. The zero-order valence-corrected chi connectivity index (χ0v) is 11.7. The van der Waals surface area contributed by atoms with Crippen molar-refractivity contribution in [1.29, 1.82) is 0 Å². The highest BCUT2D eigenvalue weighted by atomic mass is 35.5. The van der Waals surface area contributed by atoms with Gasteiger partial charge in [-0.15, -0.1) is 0 Å². The molecule has 0 atom stereocenters. The van der Waals surface area contributed by atoms with Gasteiger partial charge in [-0.3, -0.25) is 4.79 Å². The summed E-state index contributed by atoms with van der Waals surface area (Å²) in [6.07, 6.45) is 0.425. The van der Waals surface area contributed by atoms with Gasteiger partial charge >= 0.3 is 0 Å². The molecule has 0 saturated carbocycles. The Bertz CT molecular complexity index is 419. The van der Waals surface area contributed by atoms with Crippen LogP contribution in [0.25, 0.3) is 0 Å². The average Bonchev–Trinajstić information content (AvgIpc) is 2.25. The fourth-order valence-corrected chi connectivity index (χ4v) is 1.76. The molecule has 0 saturated heterocycles. The Labute approximate surface area is 112 Å². The minimum absolute atomic E-state index is 0.0758. The van der Waals surface area contributed by atoms with Crippen LogP contribution in [-0.4, -0.2) is 31.4 Å². The lowest BCUT2D eigenvalue weighted by Gasteiger charge is -2.12. The summed E-state index contributed by atoms with van der Waals surface area (Å²) >= 11 is 12.1. The summed E-state index contributed by atoms with van der Waals surface area (Å²) in [5, 5.41) is 4.38. The fourth-order valence-electron chi connectivity index (χ4n) is 1.31. The average molecular weight is 275 g/mol. The fraction of sp³-hybridized carbons (Fsp3) is 0.417. The lowest BCUT2D eigenvalue weighted by atomic mass is 10.2. The van der Waals surface area contributed by atoms with Crippen LogP contribution in [0.5, 0.6) is 0 Å². The number of amides is 1. The Morgan fingerprint density at radius 2 is 1.94 bits per heavy atom. The first-order valence-corrected chi connectivity index (χ1v) is 6.07. The molecule has 0 bridgehead atoms. The summed E-state index contributed by atoms with van der Waals surface area (Å²) in [4.78, 5) is 12.9. The largest absolute Gasteiger partial charge is 0.383 e. The molecule has 1 rings (SSSR count). The highest BCUT2D eigenvalue weighted by molar-refractivity contribution is 6.35. The van der Waals surface area contributed by atoms with Crippen LogP contribution in [-0.2, 0) is 4.79 Å². The summed E-state index contributed by atoms with van der Waals surface area (Å²) in [7, 11) is 3.47. The third-order valence-electron chi connectivity index (χ3n) is 2.40. The smallest absolute Gasteiger partial charge is 0.223 e. The number of hydrogen-bond acceptors (Lipinski definition) is 2. The molecule has 0 fully saturated rings. The second-order valence-corrected chi connectivity index (χ2v) is 4.86. The third-order valence-corrected chi connectivity index (χ3v) is 3.12. The van der Waals surface area contributed by atoms with Crippen LogP contribution >= 0.6 is 23.2 Å². The normalized spacial score (nSPS) is 10.2. The van der Waals surface area contributed by atoms with Crippen molar-refractivity contribution in [3.63, 3.8) is 0 Å². The molecule has 17 heavy (non-hydrogen) atoms. The number of benzene rings is 1. The molecule has 0 heterocycles. The molecule has 1 N–H and O–H groups in total. The summed E-state index contributed by atoms with van der Waals surface area (Å²) in [5.74, 6) is 0.0758. The number of anilines is 1. The second kappa shape index (κ2) is 6.12. The Balaban J connectivity index is 2.58. The van der Waals surface area contributed by atoms with Crippen molar-refractivity contribution in [2.75, 3.05) is 26.0 Å². The second-order valence-electron chi connectivity index (χ2n) is 4.05. The number of rotatable bonds is 4. The number of hydrogen-bond donors (Lipinski definition) is 1. The quantitative estimate of drug-likeness (QED) is 0.915. The van der Waals surface area contributed by atoms with E-state index in [1.54, 1.807) is 31.1 Å². The maximum Gasteiger partial charge on any atom is 0.223 e. The predicted molar refractivity (Wildman–Crippen MR) is 73.0 cm³/mol. The first-order valence-electron chi connectivity index (χ1n) is 5.31. The van der Waals surface area contributed by atoms with E-state index in [0.29, 0.717) is 23.0 Å². The monoisotopic (exact) mass is 274 g/mol. The number of nitrogens with one attached hydrogen (secondary N) is 1. The number of nitrogens with zero attached hydrogens (tertiary/aromatic N) is 1. The van der Waals surface area contributed by atoms with E-state index in [-0.39, 0.29) is 5.91 Å². The van der Waals surface area contributed by atoms with E-state index in [1.807, 2.05) is 6.92 Å². The van der Waals surface area contributed by atoms with Gasteiger partial charge in [-0.2, -0.15) is 0 Å². The highest BCUT2D eigenvalue weighted by Gasteiger charge is 2.06. The zero-order chi connectivity index (χ0) is 13.0. The highest BCUT2D eigenvalue weighted by Crippen LogP contribution is 2.28. The Morgan fingerprint density at radius 3 is 2.53 bits per heavy atom. The number of halogens is 2. The van der Waals surface area contributed by atoms with Crippen molar-refractivity contribution >= 4 is 34.8 Å². The predicted octanol–water partition coefficient (Wildman–Crippen LogP) is 3.19. The van der Waals surface area contributed by atoms with Crippen molar-refractivity contribution in [2.24, 2.45) is 0 Å². The van der Waals surface area contributed by atoms with Crippen LogP contribution in [0.2, 0.25) is 10.0 Å². The van der Waals surface area contributed by atoms with E-state index in [2.05, 4.69) is 5.32 Å². The summed E-state index contributed by atoms with van der Waals surface area (Å²) in [5.41, 5.74) is 1.69. The summed E-state index contributed by atoms with van der Waals surface area (Å²) < 4.78 is 0. The van der Waals surface area contributed by atoms with Crippen LogP contribution in [0.1, 0.15) is 12.0 Å². The third kappa shape index (κ3) is 4.10. The summed E-state index contributed by atoms with van der Waals surface area (Å²) in [6, 6.07) is 3.58. The molecule has 0 spiro atoms. The van der Waals surface area contributed by atoms with Gasteiger partial charge in [0.15, 0.2) is 0 Å². The van der Waals surface area contributed by atoms with Crippen molar-refractivity contribution in [2.45, 2.75) is 13.3 Å². The molecule has 94 valence electrons. The lowest BCUT2D eigenvalue weighted by Crippen LogP contribution is -2.23. The molecule has 0 radical (unpaired) electrons. The van der Waals surface area contributed by atoms with Gasteiger partial charge in [0.25, 0.3) is 0 Å². The zero-order valence-electron chi connectivity index (χ0n) is 10.2. The van der Waals surface area contributed by atoms with Crippen LogP contribution in [0.4, 0.5) is 5.69 Å². The van der Waals surface area contributed by atoms with Gasteiger partial charge in [0, 0.05) is 32.1 Å². The molecule has 3 nitrogen and oxygen atoms in total. The SMILES string of the molecule is Cc1cc(Cl)c(NCCC(=O)N(C)C)cc1Cl. The lowest BCUT2D eigenvalue weighted by molar-refractivity contribution is -0.128. The van der Waals surface area contributed by atoms with Gasteiger partial charge in [0.2, 0.25) is 5.91 Å². The Hall–Kier alpha value is -0.930.